The largest absolute Gasteiger partial charge is 0.364 e. The van der Waals surface area contributed by atoms with Crippen LogP contribution in [0.1, 0.15) is 44.7 Å². The molecule has 0 unspecified atom stereocenters. The number of nitrogens with two attached hydrogens (primary N) is 1. The summed E-state index contributed by atoms with van der Waals surface area (Å²) >= 11 is 0. The van der Waals surface area contributed by atoms with Crippen molar-refractivity contribution in [2.45, 2.75) is 57.7 Å². The van der Waals surface area contributed by atoms with Gasteiger partial charge in [-0.25, -0.2) is 18.4 Å². The Morgan fingerprint density at radius 2 is 1.87 bits per heavy atom. The Hall–Kier alpha value is -3.80. The molecule has 0 amide bonds. The molecule has 10 nitrogen and oxygen atoms in total. The Labute approximate surface area is 225 Å². The number of halogens is 2. The fraction of sp³-hybridized carbons (Fsp3) is 0.481. The highest BCUT2D eigenvalue weighted by Crippen LogP contribution is 2.31. The van der Waals surface area contributed by atoms with Crippen LogP contribution in [0, 0.1) is 0 Å². The molecule has 2 aliphatic heterocycles. The predicted octanol–water partition coefficient (Wildman–Crippen LogP) is 3.98. The number of benzene rings is 1. The van der Waals surface area contributed by atoms with E-state index in [-0.39, 0.29) is 25.0 Å². The first-order valence-electron chi connectivity index (χ1n) is 13.5. The Balaban J connectivity index is 1.28. The molecule has 39 heavy (non-hydrogen) atoms. The molecule has 2 saturated heterocycles. The first-order valence-corrected chi connectivity index (χ1v) is 13.5. The number of aromatic nitrogens is 6. The molecule has 2 fully saturated rings. The fourth-order valence-electron chi connectivity index (χ4n) is 5.26. The molecule has 0 atom stereocenters. The van der Waals surface area contributed by atoms with Crippen LogP contribution in [0.2, 0.25) is 0 Å². The second kappa shape index (κ2) is 10.1. The Bertz CT molecular complexity index is 1450. The number of para-hydroxylation sites is 1. The zero-order valence-electron chi connectivity index (χ0n) is 22.3. The average Bonchev–Trinajstić information content (AvgIpc) is 3.66. The minimum Gasteiger partial charge on any atom is -0.364 e. The van der Waals surface area contributed by atoms with Crippen molar-refractivity contribution in [2.75, 3.05) is 41.3 Å². The minimum absolute atomic E-state index is 0.146. The molecule has 206 valence electrons. The van der Waals surface area contributed by atoms with E-state index in [0.29, 0.717) is 30.7 Å². The van der Waals surface area contributed by atoms with Crippen LogP contribution in [0.4, 0.5) is 26.4 Å². The van der Waals surface area contributed by atoms with Crippen LogP contribution in [-0.4, -0.2) is 67.4 Å². The lowest BCUT2D eigenvalue weighted by atomic mass is 10.1. The predicted molar refractivity (Wildman–Crippen MR) is 148 cm³/mol. The monoisotopic (exact) mass is 536 g/mol. The van der Waals surface area contributed by atoms with Crippen molar-refractivity contribution in [3.8, 4) is 5.69 Å². The highest BCUT2D eigenvalue weighted by atomic mass is 19.3. The van der Waals surface area contributed by atoms with Gasteiger partial charge >= 0.3 is 0 Å². The van der Waals surface area contributed by atoms with Gasteiger partial charge in [0.1, 0.15) is 0 Å². The number of piperidine rings is 1. The summed E-state index contributed by atoms with van der Waals surface area (Å²) in [6, 6.07) is 10.1. The zero-order chi connectivity index (χ0) is 27.1. The molecule has 0 spiro atoms. The standard InChI is InChI=1S/C27H34F2N10/c1-18(2)38-17-32-23-24(33-26(34-25(23)38)36-11-7-20(30)8-12-36)31-15-19-5-3-4-6-21(19)39-13-9-22(35-39)37-14-10-27(28,29)16-37/h3-6,9,13,17-18,20H,7-8,10-12,14-16,30H2,1-2H3,(H,31,33,34). The maximum Gasteiger partial charge on any atom is 0.266 e. The molecule has 0 bridgehead atoms. The number of fused-ring (bicyclic) bond motifs is 1. The van der Waals surface area contributed by atoms with Gasteiger partial charge in [-0.05, 0) is 38.3 Å². The van der Waals surface area contributed by atoms with Crippen molar-refractivity contribution >= 4 is 28.7 Å². The van der Waals surface area contributed by atoms with Crippen molar-refractivity contribution in [2.24, 2.45) is 5.73 Å². The van der Waals surface area contributed by atoms with E-state index in [9.17, 15) is 8.78 Å². The third-order valence-corrected chi connectivity index (χ3v) is 7.54. The van der Waals surface area contributed by atoms with Gasteiger partial charge in [0.05, 0.1) is 18.6 Å². The lowest BCUT2D eigenvalue weighted by Gasteiger charge is -2.30. The highest BCUT2D eigenvalue weighted by Gasteiger charge is 2.39. The molecule has 6 rings (SSSR count). The molecule has 3 aromatic heterocycles. The molecule has 0 aliphatic carbocycles. The summed E-state index contributed by atoms with van der Waals surface area (Å²) in [4.78, 5) is 18.3. The fourth-order valence-corrected chi connectivity index (χ4v) is 5.26. The summed E-state index contributed by atoms with van der Waals surface area (Å²) in [5.74, 6) is -0.778. The van der Waals surface area contributed by atoms with E-state index in [2.05, 4.69) is 38.7 Å². The van der Waals surface area contributed by atoms with E-state index < -0.39 is 5.92 Å². The smallest absolute Gasteiger partial charge is 0.266 e. The van der Waals surface area contributed by atoms with Gasteiger partial charge in [-0.1, -0.05) is 18.2 Å². The van der Waals surface area contributed by atoms with Gasteiger partial charge in [0.25, 0.3) is 5.92 Å². The van der Waals surface area contributed by atoms with E-state index in [1.54, 1.807) is 15.6 Å². The number of anilines is 3. The molecule has 3 N–H and O–H groups in total. The number of hydrogen-bond donors (Lipinski definition) is 2. The Morgan fingerprint density at radius 3 is 2.62 bits per heavy atom. The molecule has 0 radical (unpaired) electrons. The van der Waals surface area contributed by atoms with E-state index >= 15 is 0 Å². The summed E-state index contributed by atoms with van der Waals surface area (Å²) in [6.07, 6.45) is 5.29. The SMILES string of the molecule is CC(C)n1cnc2c(NCc3ccccc3-n3ccc(N4CCC(F)(F)C4)n3)nc(N3CCC(N)CC3)nc21. The molecule has 0 saturated carbocycles. The highest BCUT2D eigenvalue weighted by molar-refractivity contribution is 5.84. The van der Waals surface area contributed by atoms with Crippen LogP contribution in [0.3, 0.4) is 0 Å². The number of nitrogens with zero attached hydrogens (tertiary/aromatic N) is 8. The summed E-state index contributed by atoms with van der Waals surface area (Å²) in [5, 5.41) is 8.12. The van der Waals surface area contributed by atoms with Crippen LogP contribution < -0.4 is 20.9 Å². The average molecular weight is 537 g/mol. The molecule has 4 aromatic rings. The maximum absolute atomic E-state index is 13.7. The second-order valence-corrected chi connectivity index (χ2v) is 10.7. The third kappa shape index (κ3) is 5.12. The van der Waals surface area contributed by atoms with E-state index in [0.717, 1.165) is 48.3 Å². The van der Waals surface area contributed by atoms with Gasteiger partial charge in [0, 0.05) is 56.9 Å². The van der Waals surface area contributed by atoms with E-state index in [4.69, 9.17) is 15.7 Å². The van der Waals surface area contributed by atoms with Crippen LogP contribution >= 0.6 is 0 Å². The Kier molecular flexibility index (Phi) is 6.57. The first-order chi connectivity index (χ1) is 18.8. The molecular formula is C27H34F2N10. The Morgan fingerprint density at radius 1 is 1.08 bits per heavy atom. The molecule has 2 aliphatic rings. The molecule has 1 aromatic carbocycles. The lowest BCUT2D eigenvalue weighted by molar-refractivity contribution is 0.0256. The van der Waals surface area contributed by atoms with Crippen molar-refractivity contribution in [1.29, 1.82) is 0 Å². The second-order valence-electron chi connectivity index (χ2n) is 10.7. The maximum atomic E-state index is 13.7. The van der Waals surface area contributed by atoms with Crippen LogP contribution in [0.15, 0.2) is 42.9 Å². The van der Waals surface area contributed by atoms with Crippen molar-refractivity contribution in [3.63, 3.8) is 0 Å². The number of nitrogens with one attached hydrogen (secondary N) is 1. The van der Waals surface area contributed by atoms with E-state index in [1.165, 1.54) is 0 Å². The summed E-state index contributed by atoms with van der Waals surface area (Å²) in [6.45, 7) is 6.31. The normalized spacial score (nSPS) is 18.0. The number of rotatable bonds is 7. The van der Waals surface area contributed by atoms with E-state index in [1.807, 2.05) is 36.8 Å². The van der Waals surface area contributed by atoms with Gasteiger partial charge in [-0.15, -0.1) is 0 Å². The summed E-state index contributed by atoms with van der Waals surface area (Å²) in [7, 11) is 0. The first kappa shape index (κ1) is 25.5. The number of alkyl halides is 2. The van der Waals surface area contributed by atoms with Gasteiger partial charge in [-0.2, -0.15) is 15.1 Å². The van der Waals surface area contributed by atoms with Gasteiger partial charge in [-0.3, -0.25) is 0 Å². The van der Waals surface area contributed by atoms with Crippen molar-refractivity contribution in [3.05, 3.63) is 48.4 Å². The summed E-state index contributed by atoms with van der Waals surface area (Å²) < 4.78 is 31.3. The third-order valence-electron chi connectivity index (χ3n) is 7.54. The quantitative estimate of drug-likeness (QED) is 0.366. The molecule has 12 heteroatoms. The summed E-state index contributed by atoms with van der Waals surface area (Å²) in [5.41, 5.74) is 9.49. The van der Waals surface area contributed by atoms with Gasteiger partial charge < -0.3 is 25.4 Å². The minimum atomic E-state index is -2.67. The number of hydrogen-bond acceptors (Lipinski definition) is 8. The van der Waals surface area contributed by atoms with Crippen LogP contribution in [0.25, 0.3) is 16.9 Å². The van der Waals surface area contributed by atoms with Crippen LogP contribution in [-0.2, 0) is 6.54 Å². The van der Waals surface area contributed by atoms with Crippen LogP contribution in [0.5, 0.6) is 0 Å². The van der Waals surface area contributed by atoms with Crippen molar-refractivity contribution < 1.29 is 8.78 Å². The zero-order valence-corrected chi connectivity index (χ0v) is 22.3. The topological polar surface area (TPSA) is 106 Å². The van der Waals surface area contributed by atoms with Gasteiger partial charge in [0.2, 0.25) is 5.95 Å². The number of imidazole rings is 1. The molecule has 5 heterocycles. The lowest BCUT2D eigenvalue weighted by Crippen LogP contribution is -2.40. The van der Waals surface area contributed by atoms with Gasteiger partial charge in [0.15, 0.2) is 22.8 Å². The van der Waals surface area contributed by atoms with Crippen molar-refractivity contribution in [1.82, 2.24) is 29.3 Å². The molecular weight excluding hydrogens is 502 g/mol.